The van der Waals surface area contributed by atoms with Crippen molar-refractivity contribution in [2.75, 3.05) is 13.2 Å². The Morgan fingerprint density at radius 3 is 2.33 bits per heavy atom. The highest BCUT2D eigenvalue weighted by Gasteiger charge is 2.18. The topological polar surface area (TPSA) is 67.4 Å². The normalized spacial score (nSPS) is 11.5. The molecule has 1 atom stereocenters. The number of benzene rings is 2. The number of nitrogens with one attached hydrogen (secondary N) is 2. The Morgan fingerprint density at radius 2 is 1.73 bits per heavy atom. The van der Waals surface area contributed by atoms with Gasteiger partial charge in [-0.25, -0.2) is 0 Å². The summed E-state index contributed by atoms with van der Waals surface area (Å²) in [5.74, 6) is 0.167. The van der Waals surface area contributed by atoms with Gasteiger partial charge in [0.2, 0.25) is 5.91 Å². The van der Waals surface area contributed by atoms with E-state index in [-0.39, 0.29) is 24.4 Å². The predicted molar refractivity (Wildman–Crippen MR) is 120 cm³/mol. The van der Waals surface area contributed by atoms with Gasteiger partial charge in [-0.05, 0) is 60.2 Å². The zero-order valence-electron chi connectivity index (χ0n) is 17.2. The molecule has 1 unspecified atom stereocenters. The number of aryl methyl sites for hydroxylation is 1. The summed E-state index contributed by atoms with van der Waals surface area (Å²) in [6.45, 7) is 4.49. The maximum atomic E-state index is 12.6. The van der Waals surface area contributed by atoms with Crippen molar-refractivity contribution in [3.05, 3.63) is 87.6 Å². The molecule has 30 heavy (non-hydrogen) atoms. The van der Waals surface area contributed by atoms with E-state index in [2.05, 4.69) is 29.7 Å². The second kappa shape index (κ2) is 10.6. The van der Waals surface area contributed by atoms with Crippen LogP contribution in [0.3, 0.4) is 0 Å². The second-order valence-electron chi connectivity index (χ2n) is 6.75. The summed E-state index contributed by atoms with van der Waals surface area (Å²) in [6, 6.07) is 18.8. The predicted octanol–water partition coefficient (Wildman–Crippen LogP) is 4.34. The highest BCUT2D eigenvalue weighted by molar-refractivity contribution is 7.10. The molecule has 3 aromatic rings. The maximum absolute atomic E-state index is 12.6. The van der Waals surface area contributed by atoms with Crippen LogP contribution < -0.4 is 15.4 Å². The monoisotopic (exact) mass is 422 g/mol. The maximum Gasteiger partial charge on any atom is 0.251 e. The lowest BCUT2D eigenvalue weighted by atomic mass is 10.0. The van der Waals surface area contributed by atoms with Crippen LogP contribution in [0.25, 0.3) is 0 Å². The Kier molecular flexibility index (Phi) is 7.63. The zero-order chi connectivity index (χ0) is 21.3. The third-order valence-electron chi connectivity index (χ3n) is 4.69. The number of hydrogen-bond donors (Lipinski definition) is 2. The number of thiophene rings is 1. The zero-order valence-corrected chi connectivity index (χ0v) is 18.0. The largest absolute Gasteiger partial charge is 0.494 e. The van der Waals surface area contributed by atoms with Crippen LogP contribution in [0.2, 0.25) is 0 Å². The van der Waals surface area contributed by atoms with Crippen LogP contribution in [0, 0.1) is 0 Å². The molecule has 0 spiro atoms. The van der Waals surface area contributed by atoms with Crippen molar-refractivity contribution in [3.63, 3.8) is 0 Å². The van der Waals surface area contributed by atoms with Gasteiger partial charge in [-0.2, -0.15) is 0 Å². The Hall–Kier alpha value is -3.12. The molecule has 1 aromatic heterocycles. The molecule has 156 valence electrons. The molecule has 0 saturated heterocycles. The first kappa shape index (κ1) is 21.6. The molecule has 2 N–H and O–H groups in total. The Balaban J connectivity index is 1.62. The van der Waals surface area contributed by atoms with Gasteiger partial charge in [-0.1, -0.05) is 37.3 Å². The minimum absolute atomic E-state index is 0.0963. The molecule has 1 heterocycles. The van der Waals surface area contributed by atoms with E-state index in [1.807, 2.05) is 36.6 Å². The van der Waals surface area contributed by atoms with Crippen LogP contribution in [0.1, 0.15) is 46.3 Å². The SMILES string of the molecule is CCOc1ccc(C(=O)NCC(=O)NC(c2ccc(CC)cc2)c2cccs2)cc1. The smallest absolute Gasteiger partial charge is 0.251 e. The van der Waals surface area contributed by atoms with Crippen LogP contribution in [-0.2, 0) is 11.2 Å². The molecule has 0 bridgehead atoms. The van der Waals surface area contributed by atoms with Crippen LogP contribution in [-0.4, -0.2) is 25.0 Å². The van der Waals surface area contributed by atoms with Crippen molar-refractivity contribution in [2.24, 2.45) is 0 Å². The van der Waals surface area contributed by atoms with Crippen molar-refractivity contribution in [1.29, 1.82) is 0 Å². The van der Waals surface area contributed by atoms with Crippen molar-refractivity contribution in [2.45, 2.75) is 26.3 Å². The summed E-state index contributed by atoms with van der Waals surface area (Å²) in [4.78, 5) is 26.0. The molecule has 0 aliphatic rings. The minimum Gasteiger partial charge on any atom is -0.494 e. The van der Waals surface area contributed by atoms with Crippen molar-refractivity contribution in [1.82, 2.24) is 10.6 Å². The summed E-state index contributed by atoms with van der Waals surface area (Å²) < 4.78 is 5.38. The molecule has 2 amide bonds. The minimum atomic E-state index is -0.298. The van der Waals surface area contributed by atoms with Crippen LogP contribution >= 0.6 is 11.3 Å². The summed E-state index contributed by atoms with van der Waals surface area (Å²) in [6.07, 6.45) is 0.966. The number of ether oxygens (including phenoxy) is 1. The van der Waals surface area contributed by atoms with Crippen LogP contribution in [0.15, 0.2) is 66.0 Å². The first-order valence-corrected chi connectivity index (χ1v) is 10.9. The van der Waals surface area contributed by atoms with Gasteiger partial charge in [-0.3, -0.25) is 9.59 Å². The highest BCUT2D eigenvalue weighted by Crippen LogP contribution is 2.26. The molecule has 5 nitrogen and oxygen atoms in total. The highest BCUT2D eigenvalue weighted by atomic mass is 32.1. The van der Waals surface area contributed by atoms with Gasteiger partial charge in [0.15, 0.2) is 0 Å². The molecule has 0 saturated carbocycles. The van der Waals surface area contributed by atoms with E-state index in [0.717, 1.165) is 16.9 Å². The van der Waals surface area contributed by atoms with Gasteiger partial charge in [-0.15, -0.1) is 11.3 Å². The number of hydrogen-bond acceptors (Lipinski definition) is 4. The summed E-state index contributed by atoms with van der Waals surface area (Å²) in [5.41, 5.74) is 2.75. The number of carbonyl (C=O) groups is 2. The third-order valence-corrected chi connectivity index (χ3v) is 5.63. The standard InChI is InChI=1S/C24H26N2O3S/c1-3-17-7-9-18(10-8-17)23(21-6-5-15-30-21)26-22(27)16-25-24(28)19-11-13-20(14-12-19)29-4-2/h5-15,23H,3-4,16H2,1-2H3,(H,25,28)(H,26,27). The molecule has 3 rings (SSSR count). The summed E-state index contributed by atoms with van der Waals surface area (Å²) in [7, 11) is 0. The average molecular weight is 423 g/mol. The number of rotatable bonds is 9. The fourth-order valence-electron chi connectivity index (χ4n) is 3.06. The lowest BCUT2D eigenvalue weighted by Crippen LogP contribution is -2.38. The van der Waals surface area contributed by atoms with Gasteiger partial charge < -0.3 is 15.4 Å². The molecular formula is C24H26N2O3S. The molecule has 0 fully saturated rings. The van der Waals surface area contributed by atoms with E-state index in [1.54, 1.807) is 35.6 Å². The first-order valence-electron chi connectivity index (χ1n) is 10.0. The van der Waals surface area contributed by atoms with E-state index >= 15 is 0 Å². The lowest BCUT2D eigenvalue weighted by Gasteiger charge is -2.19. The number of amides is 2. The van der Waals surface area contributed by atoms with E-state index in [0.29, 0.717) is 17.9 Å². The first-order chi connectivity index (χ1) is 14.6. The molecule has 6 heteroatoms. The fourth-order valence-corrected chi connectivity index (χ4v) is 3.87. The molecule has 0 aliphatic carbocycles. The molecular weight excluding hydrogens is 396 g/mol. The van der Waals surface area contributed by atoms with E-state index in [4.69, 9.17) is 4.74 Å². The molecule has 0 radical (unpaired) electrons. The number of carbonyl (C=O) groups excluding carboxylic acids is 2. The van der Waals surface area contributed by atoms with E-state index < -0.39 is 0 Å². The fraction of sp³-hybridized carbons (Fsp3) is 0.250. The van der Waals surface area contributed by atoms with Crippen molar-refractivity contribution >= 4 is 23.2 Å². The Bertz CT molecular complexity index is 951. The van der Waals surface area contributed by atoms with E-state index in [1.165, 1.54) is 5.56 Å². The average Bonchev–Trinajstić information content (AvgIpc) is 3.31. The van der Waals surface area contributed by atoms with Crippen LogP contribution in [0.4, 0.5) is 0 Å². The van der Waals surface area contributed by atoms with Gasteiger partial charge in [0.25, 0.3) is 5.91 Å². The van der Waals surface area contributed by atoms with Gasteiger partial charge in [0.05, 0.1) is 19.2 Å². The second-order valence-corrected chi connectivity index (χ2v) is 7.73. The van der Waals surface area contributed by atoms with Crippen molar-refractivity contribution in [3.8, 4) is 5.75 Å². The van der Waals surface area contributed by atoms with Gasteiger partial charge in [0.1, 0.15) is 5.75 Å². The quantitative estimate of drug-likeness (QED) is 0.539. The van der Waals surface area contributed by atoms with Crippen molar-refractivity contribution < 1.29 is 14.3 Å². The summed E-state index contributed by atoms with van der Waals surface area (Å²) in [5, 5.41) is 7.71. The Labute approximate surface area is 181 Å². The lowest BCUT2D eigenvalue weighted by molar-refractivity contribution is -0.120. The third kappa shape index (κ3) is 5.70. The Morgan fingerprint density at radius 1 is 1.00 bits per heavy atom. The summed E-state index contributed by atoms with van der Waals surface area (Å²) >= 11 is 1.59. The van der Waals surface area contributed by atoms with Gasteiger partial charge in [0, 0.05) is 10.4 Å². The van der Waals surface area contributed by atoms with E-state index in [9.17, 15) is 9.59 Å². The molecule has 0 aliphatic heterocycles. The van der Waals surface area contributed by atoms with Crippen LogP contribution in [0.5, 0.6) is 5.75 Å². The van der Waals surface area contributed by atoms with Gasteiger partial charge >= 0.3 is 0 Å². The molecule has 2 aromatic carbocycles.